The Morgan fingerprint density at radius 1 is 1.19 bits per heavy atom. The number of aromatic carboxylic acids is 1. The summed E-state index contributed by atoms with van der Waals surface area (Å²) in [5.41, 5.74) is 5.93. The molecule has 2 aromatic carbocycles. The van der Waals surface area contributed by atoms with Crippen LogP contribution < -0.4 is 5.43 Å². The van der Waals surface area contributed by atoms with E-state index in [1.165, 1.54) is 12.1 Å². The topological polar surface area (TPSA) is 85.5 Å². The third-order valence-corrected chi connectivity index (χ3v) is 2.89. The van der Waals surface area contributed by atoms with Crippen molar-refractivity contribution in [1.82, 2.24) is 0 Å². The standard InChI is InChI=1S/C16H13N3O2/c1-11(14-4-2-3-12(9-14)10-17)18-19-15-7-5-13(6-8-15)16(20)21/h2-9,19H,1H3,(H,20,21). The highest BCUT2D eigenvalue weighted by atomic mass is 16.4. The summed E-state index contributed by atoms with van der Waals surface area (Å²) in [6.45, 7) is 1.83. The second-order valence-electron chi connectivity index (χ2n) is 4.38. The molecule has 0 unspecified atom stereocenters. The molecule has 21 heavy (non-hydrogen) atoms. The van der Waals surface area contributed by atoms with Gasteiger partial charge in [0.25, 0.3) is 0 Å². The molecule has 104 valence electrons. The van der Waals surface area contributed by atoms with Crippen LogP contribution in [0, 0.1) is 11.3 Å². The van der Waals surface area contributed by atoms with E-state index in [0.717, 1.165) is 11.3 Å². The Morgan fingerprint density at radius 3 is 2.52 bits per heavy atom. The van der Waals surface area contributed by atoms with Gasteiger partial charge in [-0.3, -0.25) is 5.43 Å². The van der Waals surface area contributed by atoms with Gasteiger partial charge in [-0.1, -0.05) is 12.1 Å². The van der Waals surface area contributed by atoms with Crippen LogP contribution in [0.25, 0.3) is 0 Å². The van der Waals surface area contributed by atoms with Crippen molar-refractivity contribution < 1.29 is 9.90 Å². The molecule has 0 amide bonds. The van der Waals surface area contributed by atoms with Gasteiger partial charge in [0.1, 0.15) is 0 Å². The molecule has 0 saturated heterocycles. The van der Waals surface area contributed by atoms with Gasteiger partial charge >= 0.3 is 5.97 Å². The number of anilines is 1. The average molecular weight is 279 g/mol. The molecule has 2 aromatic rings. The van der Waals surface area contributed by atoms with E-state index in [1.54, 1.807) is 30.3 Å². The van der Waals surface area contributed by atoms with E-state index in [2.05, 4.69) is 16.6 Å². The van der Waals surface area contributed by atoms with Gasteiger partial charge in [-0.15, -0.1) is 0 Å². The van der Waals surface area contributed by atoms with E-state index in [0.29, 0.717) is 11.3 Å². The second-order valence-corrected chi connectivity index (χ2v) is 4.38. The molecule has 0 aliphatic carbocycles. The molecule has 0 radical (unpaired) electrons. The average Bonchev–Trinajstić information content (AvgIpc) is 2.53. The molecule has 2 N–H and O–H groups in total. The van der Waals surface area contributed by atoms with Crippen molar-refractivity contribution in [2.45, 2.75) is 6.92 Å². The minimum absolute atomic E-state index is 0.225. The van der Waals surface area contributed by atoms with E-state index < -0.39 is 5.97 Å². The number of rotatable bonds is 4. The fourth-order valence-corrected chi connectivity index (χ4v) is 1.71. The lowest BCUT2D eigenvalue weighted by Crippen LogP contribution is -2.01. The molecule has 0 fully saturated rings. The van der Waals surface area contributed by atoms with Crippen molar-refractivity contribution in [1.29, 1.82) is 5.26 Å². The first-order valence-corrected chi connectivity index (χ1v) is 6.24. The SMILES string of the molecule is CC(=NNc1ccc(C(=O)O)cc1)c1cccc(C#N)c1. The first kappa shape index (κ1) is 14.3. The number of nitrogens with zero attached hydrogens (tertiary/aromatic N) is 2. The predicted octanol–water partition coefficient (Wildman–Crippen LogP) is 3.09. The molecule has 0 bridgehead atoms. The highest BCUT2D eigenvalue weighted by molar-refractivity contribution is 5.99. The Morgan fingerprint density at radius 2 is 1.90 bits per heavy atom. The summed E-state index contributed by atoms with van der Waals surface area (Å²) >= 11 is 0. The summed E-state index contributed by atoms with van der Waals surface area (Å²) in [7, 11) is 0. The van der Waals surface area contributed by atoms with E-state index >= 15 is 0 Å². The zero-order chi connectivity index (χ0) is 15.2. The molecule has 0 heterocycles. The first-order chi connectivity index (χ1) is 10.1. The maximum Gasteiger partial charge on any atom is 0.335 e. The Balaban J connectivity index is 2.12. The molecule has 0 aliphatic rings. The molecule has 5 heteroatoms. The highest BCUT2D eigenvalue weighted by Gasteiger charge is 2.02. The van der Waals surface area contributed by atoms with Gasteiger partial charge in [0.05, 0.1) is 28.6 Å². The molecule has 0 saturated carbocycles. The van der Waals surface area contributed by atoms with Crippen LogP contribution in [0.5, 0.6) is 0 Å². The number of nitrogens with one attached hydrogen (secondary N) is 1. The fraction of sp³-hybridized carbons (Fsp3) is 0.0625. The summed E-state index contributed by atoms with van der Waals surface area (Å²) in [5.74, 6) is -0.963. The number of hydrazone groups is 1. The second kappa shape index (κ2) is 6.35. The Labute approximate surface area is 122 Å². The lowest BCUT2D eigenvalue weighted by atomic mass is 10.1. The monoisotopic (exact) mass is 279 g/mol. The Kier molecular flexibility index (Phi) is 4.32. The molecule has 0 atom stereocenters. The molecular weight excluding hydrogens is 266 g/mol. The number of carboxylic acid groups (broad SMARTS) is 1. The van der Waals surface area contributed by atoms with Crippen LogP contribution in [0.1, 0.15) is 28.4 Å². The van der Waals surface area contributed by atoms with Crippen LogP contribution in [-0.2, 0) is 0 Å². The van der Waals surface area contributed by atoms with E-state index in [4.69, 9.17) is 10.4 Å². The summed E-state index contributed by atoms with van der Waals surface area (Å²) in [5, 5.41) is 21.9. The number of carboxylic acids is 1. The number of hydrogen-bond acceptors (Lipinski definition) is 4. The van der Waals surface area contributed by atoms with Crippen molar-refractivity contribution in [3.05, 3.63) is 65.2 Å². The minimum atomic E-state index is -0.963. The summed E-state index contributed by atoms with van der Waals surface area (Å²) < 4.78 is 0. The quantitative estimate of drug-likeness (QED) is 0.665. The number of hydrogen-bond donors (Lipinski definition) is 2. The van der Waals surface area contributed by atoms with Crippen LogP contribution in [0.15, 0.2) is 53.6 Å². The Hall–Kier alpha value is -3.13. The maximum absolute atomic E-state index is 10.7. The van der Waals surface area contributed by atoms with E-state index in [1.807, 2.05) is 13.0 Å². The summed E-state index contributed by atoms with van der Waals surface area (Å²) in [6, 6.07) is 15.5. The summed E-state index contributed by atoms with van der Waals surface area (Å²) in [4.78, 5) is 10.7. The van der Waals surface area contributed by atoms with Crippen molar-refractivity contribution in [2.24, 2.45) is 5.10 Å². The third kappa shape index (κ3) is 3.67. The van der Waals surface area contributed by atoms with Gasteiger partial charge in [-0.05, 0) is 48.9 Å². The molecule has 2 rings (SSSR count). The van der Waals surface area contributed by atoms with Crippen molar-refractivity contribution >= 4 is 17.4 Å². The van der Waals surface area contributed by atoms with Crippen LogP contribution in [-0.4, -0.2) is 16.8 Å². The van der Waals surface area contributed by atoms with Gasteiger partial charge in [0, 0.05) is 0 Å². The van der Waals surface area contributed by atoms with E-state index in [9.17, 15) is 4.79 Å². The molecule has 0 spiro atoms. The maximum atomic E-state index is 10.7. The van der Waals surface area contributed by atoms with Gasteiger partial charge in [-0.2, -0.15) is 10.4 Å². The first-order valence-electron chi connectivity index (χ1n) is 6.24. The number of nitriles is 1. The van der Waals surface area contributed by atoms with Gasteiger partial charge in [0.15, 0.2) is 0 Å². The lowest BCUT2D eigenvalue weighted by Gasteiger charge is -2.04. The van der Waals surface area contributed by atoms with Crippen LogP contribution >= 0.6 is 0 Å². The largest absolute Gasteiger partial charge is 0.478 e. The molecule has 0 aromatic heterocycles. The van der Waals surface area contributed by atoms with Crippen molar-refractivity contribution in [3.63, 3.8) is 0 Å². The van der Waals surface area contributed by atoms with Gasteiger partial charge < -0.3 is 5.11 Å². The third-order valence-electron chi connectivity index (χ3n) is 2.89. The van der Waals surface area contributed by atoms with Crippen LogP contribution in [0.4, 0.5) is 5.69 Å². The van der Waals surface area contributed by atoms with Crippen LogP contribution in [0.2, 0.25) is 0 Å². The number of carbonyl (C=O) groups is 1. The molecule has 0 aliphatic heterocycles. The molecule has 5 nitrogen and oxygen atoms in total. The number of benzene rings is 2. The fourth-order valence-electron chi connectivity index (χ4n) is 1.71. The zero-order valence-corrected chi connectivity index (χ0v) is 11.4. The summed E-state index contributed by atoms with van der Waals surface area (Å²) in [6.07, 6.45) is 0. The van der Waals surface area contributed by atoms with E-state index in [-0.39, 0.29) is 5.56 Å². The smallest absolute Gasteiger partial charge is 0.335 e. The van der Waals surface area contributed by atoms with Crippen molar-refractivity contribution in [2.75, 3.05) is 5.43 Å². The normalized spacial score (nSPS) is 10.8. The van der Waals surface area contributed by atoms with Gasteiger partial charge in [0.2, 0.25) is 0 Å². The molecular formula is C16H13N3O2. The van der Waals surface area contributed by atoms with Crippen molar-refractivity contribution in [3.8, 4) is 6.07 Å². The van der Waals surface area contributed by atoms with Gasteiger partial charge in [-0.25, -0.2) is 4.79 Å². The Bertz CT molecular complexity index is 728. The van der Waals surface area contributed by atoms with Crippen LogP contribution in [0.3, 0.4) is 0 Å². The minimum Gasteiger partial charge on any atom is -0.478 e. The zero-order valence-electron chi connectivity index (χ0n) is 11.4. The lowest BCUT2D eigenvalue weighted by molar-refractivity contribution is 0.0697. The predicted molar refractivity (Wildman–Crippen MR) is 80.4 cm³/mol. The highest BCUT2D eigenvalue weighted by Crippen LogP contribution is 2.11.